The van der Waals surface area contributed by atoms with E-state index in [2.05, 4.69) is 30.6 Å². The third-order valence-corrected chi connectivity index (χ3v) is 5.39. The summed E-state index contributed by atoms with van der Waals surface area (Å²) >= 11 is 7.32. The summed E-state index contributed by atoms with van der Waals surface area (Å²) in [5.74, 6) is 1.57. The number of nitrogens with one attached hydrogen (secondary N) is 2. The summed E-state index contributed by atoms with van der Waals surface area (Å²) in [6, 6.07) is 3.70. The standard InChI is InChI=1S/C10H9ClN4S.C7H14N4O3/c11-9-2-1-8(5-13-9)6-15-3-4-16-10(15)14-7-12;1-8-7(10-11(12)13)9-4-6-2-3-14-5-6/h1-2,5H,3-4,6H2;6H,2-5H2,1H3,(H2,8,9,10). The van der Waals surface area contributed by atoms with E-state index in [1.165, 1.54) is 0 Å². The van der Waals surface area contributed by atoms with Crippen molar-refractivity contribution in [3.05, 3.63) is 39.2 Å². The molecule has 11 nitrogen and oxygen atoms in total. The number of nitrogens with zero attached hydrogens (tertiary/aromatic N) is 6. The number of rotatable bonds is 5. The largest absolute Gasteiger partial charge is 0.381 e. The van der Waals surface area contributed by atoms with Gasteiger partial charge in [-0.2, -0.15) is 5.26 Å². The highest BCUT2D eigenvalue weighted by molar-refractivity contribution is 8.14. The van der Waals surface area contributed by atoms with Crippen molar-refractivity contribution < 1.29 is 9.77 Å². The molecule has 2 fully saturated rings. The van der Waals surface area contributed by atoms with Gasteiger partial charge in [0, 0.05) is 51.2 Å². The molecular weight excluding hydrogens is 432 g/mol. The van der Waals surface area contributed by atoms with Crippen molar-refractivity contribution in [2.45, 2.75) is 13.0 Å². The van der Waals surface area contributed by atoms with Gasteiger partial charge in [-0.3, -0.25) is 0 Å². The van der Waals surface area contributed by atoms with Gasteiger partial charge >= 0.3 is 0 Å². The second-order valence-electron chi connectivity index (χ2n) is 6.30. The summed E-state index contributed by atoms with van der Waals surface area (Å²) in [4.78, 5) is 19.9. The number of amidine groups is 1. The molecule has 13 heteroatoms. The lowest BCUT2D eigenvalue weighted by Crippen LogP contribution is -2.38. The number of hydrogen-bond acceptors (Lipinski definition) is 7. The van der Waals surface area contributed by atoms with Crippen LogP contribution in [0.2, 0.25) is 5.15 Å². The van der Waals surface area contributed by atoms with E-state index >= 15 is 0 Å². The van der Waals surface area contributed by atoms with Gasteiger partial charge in [0.1, 0.15) is 10.3 Å². The number of ether oxygens (including phenoxy) is 1. The predicted octanol–water partition coefficient (Wildman–Crippen LogP) is 1.50. The zero-order chi connectivity index (χ0) is 21.8. The molecule has 0 aliphatic carbocycles. The highest BCUT2D eigenvalue weighted by Crippen LogP contribution is 2.20. The number of nitriles is 1. The number of aromatic nitrogens is 1. The highest BCUT2D eigenvalue weighted by atomic mass is 35.5. The van der Waals surface area contributed by atoms with Gasteiger partial charge in [-0.05, 0) is 18.1 Å². The maximum atomic E-state index is 10.1. The van der Waals surface area contributed by atoms with E-state index in [0.717, 1.165) is 42.6 Å². The second kappa shape index (κ2) is 12.8. The second-order valence-corrected chi connectivity index (χ2v) is 7.75. The lowest BCUT2D eigenvalue weighted by atomic mass is 10.1. The third kappa shape index (κ3) is 8.40. The Kier molecular flexibility index (Phi) is 10.1. The molecule has 0 saturated carbocycles. The van der Waals surface area contributed by atoms with E-state index < -0.39 is 5.03 Å². The van der Waals surface area contributed by atoms with Crippen LogP contribution in [0.1, 0.15) is 12.0 Å². The Morgan fingerprint density at radius 2 is 2.43 bits per heavy atom. The molecular formula is C17H23ClN8O3S. The van der Waals surface area contributed by atoms with Crippen molar-refractivity contribution >= 4 is 34.5 Å². The van der Waals surface area contributed by atoms with Crippen LogP contribution < -0.4 is 10.6 Å². The molecule has 1 atom stereocenters. The van der Waals surface area contributed by atoms with Crippen LogP contribution in [0.3, 0.4) is 0 Å². The Hall–Kier alpha value is -2.62. The zero-order valence-corrected chi connectivity index (χ0v) is 18.0. The Labute approximate surface area is 183 Å². The summed E-state index contributed by atoms with van der Waals surface area (Å²) in [6.45, 7) is 3.76. The molecule has 1 unspecified atom stereocenters. The van der Waals surface area contributed by atoms with E-state index in [-0.39, 0.29) is 5.96 Å². The van der Waals surface area contributed by atoms with Gasteiger partial charge in [0.05, 0.1) is 6.61 Å². The highest BCUT2D eigenvalue weighted by Gasteiger charge is 2.19. The average molecular weight is 455 g/mol. The first-order valence-electron chi connectivity index (χ1n) is 9.19. The third-order valence-electron chi connectivity index (χ3n) is 4.17. The molecule has 3 rings (SSSR count). The number of nitro groups is 1. The number of hydrazone groups is 1. The number of hydrogen-bond donors (Lipinski definition) is 2. The Morgan fingerprint density at radius 1 is 1.60 bits per heavy atom. The maximum Gasteiger partial charge on any atom is 0.268 e. The molecule has 162 valence electrons. The Morgan fingerprint density at radius 3 is 3.03 bits per heavy atom. The topological polar surface area (TPSA) is 141 Å². The van der Waals surface area contributed by atoms with Crippen LogP contribution in [-0.4, -0.2) is 65.1 Å². The van der Waals surface area contributed by atoms with Gasteiger partial charge in [0.2, 0.25) is 6.19 Å². The lowest BCUT2D eigenvalue weighted by molar-refractivity contribution is -0.485. The predicted molar refractivity (Wildman–Crippen MR) is 116 cm³/mol. The zero-order valence-electron chi connectivity index (χ0n) is 16.5. The molecule has 2 aliphatic heterocycles. The number of guanidine groups is 1. The van der Waals surface area contributed by atoms with Crippen molar-refractivity contribution in [3.63, 3.8) is 0 Å². The van der Waals surface area contributed by atoms with Crippen molar-refractivity contribution in [3.8, 4) is 6.19 Å². The fourth-order valence-corrected chi connectivity index (χ4v) is 3.74. The number of aliphatic imine (C=N–C) groups is 1. The summed E-state index contributed by atoms with van der Waals surface area (Å²) in [5, 5.41) is 27.8. The van der Waals surface area contributed by atoms with Gasteiger partial charge in [0.25, 0.3) is 5.96 Å². The molecule has 0 bridgehead atoms. The minimum Gasteiger partial charge on any atom is -0.381 e. The Balaban J connectivity index is 0.000000216. The SMILES string of the molecule is CN/C(=N\[N+](=O)[O-])NCC1CCOC1.N#CN=C1SCCN1Cc1ccc(Cl)nc1. The number of halogens is 1. The van der Waals surface area contributed by atoms with E-state index in [0.29, 0.717) is 24.2 Å². The smallest absolute Gasteiger partial charge is 0.268 e. The fourth-order valence-electron chi connectivity index (χ4n) is 2.69. The van der Waals surface area contributed by atoms with Gasteiger partial charge in [-0.1, -0.05) is 29.4 Å². The van der Waals surface area contributed by atoms with Crippen molar-refractivity contribution in [1.29, 1.82) is 5.26 Å². The molecule has 1 aromatic rings. The first-order valence-corrected chi connectivity index (χ1v) is 10.6. The van der Waals surface area contributed by atoms with Crippen molar-refractivity contribution in [1.82, 2.24) is 20.5 Å². The van der Waals surface area contributed by atoms with Crippen LogP contribution in [0.5, 0.6) is 0 Å². The van der Waals surface area contributed by atoms with Gasteiger partial charge in [0.15, 0.2) is 10.2 Å². The molecule has 0 aromatic carbocycles. The van der Waals surface area contributed by atoms with Crippen LogP contribution in [-0.2, 0) is 11.3 Å². The molecule has 2 N–H and O–H groups in total. The minimum absolute atomic E-state index is 0.182. The van der Waals surface area contributed by atoms with E-state index in [1.807, 2.05) is 12.3 Å². The molecule has 2 saturated heterocycles. The minimum atomic E-state index is -0.732. The molecule has 3 heterocycles. The fraction of sp³-hybridized carbons (Fsp3) is 0.529. The van der Waals surface area contributed by atoms with E-state index in [1.54, 1.807) is 31.1 Å². The first-order chi connectivity index (χ1) is 14.5. The lowest BCUT2D eigenvalue weighted by Gasteiger charge is -2.16. The van der Waals surface area contributed by atoms with Crippen LogP contribution in [0.25, 0.3) is 0 Å². The van der Waals surface area contributed by atoms with Crippen LogP contribution in [0, 0.1) is 27.5 Å². The molecule has 0 radical (unpaired) electrons. The number of thioether (sulfide) groups is 1. The molecule has 1 aromatic heterocycles. The van der Waals surface area contributed by atoms with Gasteiger partial charge in [-0.15, -0.1) is 4.99 Å². The molecule has 2 aliphatic rings. The van der Waals surface area contributed by atoms with Gasteiger partial charge in [-0.25, -0.2) is 15.1 Å². The average Bonchev–Trinajstić information content (AvgIpc) is 3.40. The van der Waals surface area contributed by atoms with E-state index in [4.69, 9.17) is 21.6 Å². The summed E-state index contributed by atoms with van der Waals surface area (Å²) in [5.41, 5.74) is 1.07. The summed E-state index contributed by atoms with van der Waals surface area (Å²) < 4.78 is 5.17. The maximum absolute atomic E-state index is 10.1. The quantitative estimate of drug-likeness (QED) is 0.169. The van der Waals surface area contributed by atoms with Crippen molar-refractivity contribution in [2.24, 2.45) is 16.0 Å². The molecule has 0 amide bonds. The first kappa shape index (κ1) is 23.7. The number of pyridine rings is 1. The van der Waals surface area contributed by atoms with Crippen molar-refractivity contribution in [2.75, 3.05) is 39.1 Å². The van der Waals surface area contributed by atoms with Crippen LogP contribution in [0.15, 0.2) is 28.4 Å². The van der Waals surface area contributed by atoms with Crippen LogP contribution >= 0.6 is 23.4 Å². The normalized spacial score (nSPS) is 19.8. The monoisotopic (exact) mass is 454 g/mol. The Bertz CT molecular complexity index is 793. The molecule has 30 heavy (non-hydrogen) atoms. The molecule has 0 spiro atoms. The summed E-state index contributed by atoms with van der Waals surface area (Å²) in [7, 11) is 1.58. The van der Waals surface area contributed by atoms with Crippen LogP contribution in [0.4, 0.5) is 0 Å². The van der Waals surface area contributed by atoms with Gasteiger partial charge < -0.3 is 20.3 Å². The summed E-state index contributed by atoms with van der Waals surface area (Å²) in [6.07, 6.45) is 4.56. The van der Waals surface area contributed by atoms with E-state index in [9.17, 15) is 10.1 Å².